The number of carbonyl (C=O) groups is 1. The Kier molecular flexibility index (Phi) is 4.30. The van der Waals surface area contributed by atoms with Crippen LogP contribution in [0.15, 0.2) is 0 Å². The molecule has 0 spiro atoms. The summed E-state index contributed by atoms with van der Waals surface area (Å²) in [5.74, 6) is -0.450. The maximum absolute atomic E-state index is 11.0. The standard InChI is InChI=1S/C10H17N3O3/c1-4-16-6-5-11-9-8(10(14)15)7(2)12-13(9)3/h11H,4-6H2,1-3H3,(H,14,15). The van der Waals surface area contributed by atoms with Gasteiger partial charge in [0.05, 0.1) is 12.3 Å². The van der Waals surface area contributed by atoms with Crippen molar-refractivity contribution in [1.29, 1.82) is 0 Å². The van der Waals surface area contributed by atoms with Crippen LogP contribution in [-0.4, -0.2) is 40.6 Å². The van der Waals surface area contributed by atoms with Crippen molar-refractivity contribution in [1.82, 2.24) is 9.78 Å². The highest BCUT2D eigenvalue weighted by Crippen LogP contribution is 2.18. The van der Waals surface area contributed by atoms with Gasteiger partial charge in [0, 0.05) is 20.2 Å². The van der Waals surface area contributed by atoms with Gasteiger partial charge in [0.25, 0.3) is 0 Å². The zero-order valence-corrected chi connectivity index (χ0v) is 9.78. The number of hydrogen-bond acceptors (Lipinski definition) is 4. The van der Waals surface area contributed by atoms with Crippen LogP contribution in [0.2, 0.25) is 0 Å². The number of nitrogens with one attached hydrogen (secondary N) is 1. The van der Waals surface area contributed by atoms with Crippen LogP contribution in [0.5, 0.6) is 0 Å². The predicted octanol–water partition coefficient (Wildman–Crippen LogP) is 0.875. The number of aromatic carboxylic acids is 1. The van der Waals surface area contributed by atoms with E-state index in [9.17, 15) is 4.79 Å². The Morgan fingerprint density at radius 2 is 2.31 bits per heavy atom. The van der Waals surface area contributed by atoms with E-state index in [2.05, 4.69) is 10.4 Å². The van der Waals surface area contributed by atoms with Gasteiger partial charge < -0.3 is 15.2 Å². The Bertz CT molecular complexity index is 374. The van der Waals surface area contributed by atoms with E-state index in [1.54, 1.807) is 14.0 Å². The first-order valence-corrected chi connectivity index (χ1v) is 5.16. The first-order valence-electron chi connectivity index (χ1n) is 5.16. The molecule has 0 aromatic carbocycles. The molecule has 0 aliphatic rings. The van der Waals surface area contributed by atoms with Gasteiger partial charge in [-0.3, -0.25) is 4.68 Å². The monoisotopic (exact) mass is 227 g/mol. The van der Waals surface area contributed by atoms with Gasteiger partial charge in [-0.1, -0.05) is 0 Å². The number of ether oxygens (including phenoxy) is 1. The molecule has 0 saturated heterocycles. The van der Waals surface area contributed by atoms with Gasteiger partial charge in [-0.05, 0) is 13.8 Å². The summed E-state index contributed by atoms with van der Waals surface area (Å²) in [4.78, 5) is 11.0. The highest BCUT2D eigenvalue weighted by atomic mass is 16.5. The molecule has 1 rings (SSSR count). The van der Waals surface area contributed by atoms with Crippen molar-refractivity contribution < 1.29 is 14.6 Å². The average molecular weight is 227 g/mol. The van der Waals surface area contributed by atoms with E-state index >= 15 is 0 Å². The number of carboxylic acids is 1. The summed E-state index contributed by atoms with van der Waals surface area (Å²) in [5, 5.41) is 16.1. The minimum Gasteiger partial charge on any atom is -0.477 e. The fourth-order valence-electron chi connectivity index (χ4n) is 1.50. The zero-order chi connectivity index (χ0) is 12.1. The molecular formula is C10H17N3O3. The third-order valence-electron chi connectivity index (χ3n) is 2.18. The van der Waals surface area contributed by atoms with E-state index in [-0.39, 0.29) is 5.56 Å². The normalized spacial score (nSPS) is 10.4. The van der Waals surface area contributed by atoms with Gasteiger partial charge in [0.2, 0.25) is 0 Å². The van der Waals surface area contributed by atoms with Gasteiger partial charge in [0.15, 0.2) is 0 Å². The molecule has 6 heteroatoms. The molecule has 0 bridgehead atoms. The summed E-state index contributed by atoms with van der Waals surface area (Å²) in [5.41, 5.74) is 0.730. The number of hydrogen-bond donors (Lipinski definition) is 2. The molecule has 0 saturated carbocycles. The fraction of sp³-hybridized carbons (Fsp3) is 0.600. The van der Waals surface area contributed by atoms with Gasteiger partial charge in [-0.25, -0.2) is 4.79 Å². The summed E-state index contributed by atoms with van der Waals surface area (Å²) >= 11 is 0. The second-order valence-corrected chi connectivity index (χ2v) is 3.36. The highest BCUT2D eigenvalue weighted by Gasteiger charge is 2.18. The minimum atomic E-state index is -0.968. The lowest BCUT2D eigenvalue weighted by atomic mass is 10.2. The molecule has 1 aromatic rings. The molecule has 0 radical (unpaired) electrons. The number of aromatic nitrogens is 2. The molecule has 16 heavy (non-hydrogen) atoms. The summed E-state index contributed by atoms with van der Waals surface area (Å²) in [6.07, 6.45) is 0. The smallest absolute Gasteiger partial charge is 0.341 e. The van der Waals surface area contributed by atoms with Gasteiger partial charge in [-0.2, -0.15) is 5.10 Å². The number of anilines is 1. The van der Waals surface area contributed by atoms with E-state index in [0.717, 1.165) is 0 Å². The van der Waals surface area contributed by atoms with Crippen LogP contribution in [0.3, 0.4) is 0 Å². The molecule has 0 aliphatic carbocycles. The number of carboxylic acid groups (broad SMARTS) is 1. The van der Waals surface area contributed by atoms with Crippen LogP contribution >= 0.6 is 0 Å². The highest BCUT2D eigenvalue weighted by molar-refractivity contribution is 5.94. The van der Waals surface area contributed by atoms with E-state index < -0.39 is 5.97 Å². The van der Waals surface area contributed by atoms with E-state index in [1.807, 2.05) is 6.92 Å². The summed E-state index contributed by atoms with van der Waals surface area (Å²) in [7, 11) is 1.71. The second-order valence-electron chi connectivity index (χ2n) is 3.36. The van der Waals surface area contributed by atoms with Crippen molar-refractivity contribution >= 4 is 11.8 Å². The molecule has 0 unspecified atom stereocenters. The van der Waals surface area contributed by atoms with E-state index in [1.165, 1.54) is 4.68 Å². The molecule has 6 nitrogen and oxygen atoms in total. The van der Waals surface area contributed by atoms with Crippen LogP contribution in [0.4, 0.5) is 5.82 Å². The maximum Gasteiger partial charge on any atom is 0.341 e. The molecular weight excluding hydrogens is 210 g/mol. The van der Waals surface area contributed by atoms with Crippen molar-refractivity contribution in [3.05, 3.63) is 11.3 Å². The lowest BCUT2D eigenvalue weighted by Gasteiger charge is -2.07. The molecule has 0 aliphatic heterocycles. The summed E-state index contributed by atoms with van der Waals surface area (Å²) in [6, 6.07) is 0. The van der Waals surface area contributed by atoms with Crippen LogP contribution in [0, 0.1) is 6.92 Å². The predicted molar refractivity (Wildman–Crippen MR) is 59.9 cm³/mol. The maximum atomic E-state index is 11.0. The van der Waals surface area contributed by atoms with Crippen molar-refractivity contribution in [3.63, 3.8) is 0 Å². The Morgan fingerprint density at radius 1 is 1.62 bits per heavy atom. The zero-order valence-electron chi connectivity index (χ0n) is 9.78. The third-order valence-corrected chi connectivity index (χ3v) is 2.18. The van der Waals surface area contributed by atoms with Gasteiger partial charge in [0.1, 0.15) is 11.4 Å². The number of nitrogens with zero attached hydrogens (tertiary/aromatic N) is 2. The average Bonchev–Trinajstić information content (AvgIpc) is 2.48. The molecule has 1 heterocycles. The Labute approximate surface area is 94.2 Å². The quantitative estimate of drug-likeness (QED) is 0.705. The second kappa shape index (κ2) is 5.50. The van der Waals surface area contributed by atoms with Crippen molar-refractivity contribution in [2.45, 2.75) is 13.8 Å². The molecule has 1 aromatic heterocycles. The van der Waals surface area contributed by atoms with Gasteiger partial charge >= 0.3 is 5.97 Å². The molecule has 90 valence electrons. The largest absolute Gasteiger partial charge is 0.477 e. The van der Waals surface area contributed by atoms with Crippen LogP contribution in [0.1, 0.15) is 23.0 Å². The number of rotatable bonds is 6. The molecule has 0 fully saturated rings. The molecule has 2 N–H and O–H groups in total. The SMILES string of the molecule is CCOCCNc1c(C(=O)O)c(C)nn1C. The van der Waals surface area contributed by atoms with Crippen LogP contribution in [-0.2, 0) is 11.8 Å². The van der Waals surface area contributed by atoms with Gasteiger partial charge in [-0.15, -0.1) is 0 Å². The van der Waals surface area contributed by atoms with Crippen molar-refractivity contribution in [2.24, 2.45) is 7.05 Å². The number of aryl methyl sites for hydroxylation is 2. The van der Waals surface area contributed by atoms with Crippen LogP contribution < -0.4 is 5.32 Å². The van der Waals surface area contributed by atoms with Crippen molar-refractivity contribution in [3.8, 4) is 0 Å². The molecule has 0 amide bonds. The first-order chi connectivity index (χ1) is 7.57. The Balaban J connectivity index is 2.74. The van der Waals surface area contributed by atoms with E-state index in [0.29, 0.717) is 31.3 Å². The first kappa shape index (κ1) is 12.5. The van der Waals surface area contributed by atoms with Crippen LogP contribution in [0.25, 0.3) is 0 Å². The third kappa shape index (κ3) is 2.73. The summed E-state index contributed by atoms with van der Waals surface area (Å²) in [6.45, 7) is 5.35. The molecule has 0 atom stereocenters. The van der Waals surface area contributed by atoms with Crippen molar-refractivity contribution in [2.75, 3.05) is 25.1 Å². The lowest BCUT2D eigenvalue weighted by molar-refractivity contribution is 0.0697. The fourth-order valence-corrected chi connectivity index (χ4v) is 1.50. The Morgan fingerprint density at radius 3 is 2.88 bits per heavy atom. The van der Waals surface area contributed by atoms with E-state index in [4.69, 9.17) is 9.84 Å². The minimum absolute atomic E-state index is 0.221. The topological polar surface area (TPSA) is 76.4 Å². The lowest BCUT2D eigenvalue weighted by Crippen LogP contribution is -2.14. The Hall–Kier alpha value is -1.56. The summed E-state index contributed by atoms with van der Waals surface area (Å²) < 4.78 is 6.70.